The van der Waals surface area contributed by atoms with Crippen molar-refractivity contribution >= 4 is 0 Å². The third kappa shape index (κ3) is 4.04. The van der Waals surface area contributed by atoms with Crippen LogP contribution in [0.25, 0.3) is 0 Å². The van der Waals surface area contributed by atoms with Gasteiger partial charge < -0.3 is 10.4 Å². The molecule has 0 saturated heterocycles. The fourth-order valence-electron chi connectivity index (χ4n) is 2.67. The lowest BCUT2D eigenvalue weighted by Gasteiger charge is -2.31. The van der Waals surface area contributed by atoms with Crippen molar-refractivity contribution < 1.29 is 5.11 Å². The quantitative estimate of drug-likeness (QED) is 0.725. The Labute approximate surface area is 100 Å². The van der Waals surface area contributed by atoms with E-state index in [0.717, 1.165) is 32.4 Å². The van der Waals surface area contributed by atoms with E-state index in [2.05, 4.69) is 37.9 Å². The molecular formula is C13H28N2O. The molecule has 2 atom stereocenters. The maximum Gasteiger partial charge on any atom is 0.0693 e. The molecular weight excluding hydrogens is 200 g/mol. The minimum Gasteiger partial charge on any atom is -0.392 e. The van der Waals surface area contributed by atoms with Crippen molar-refractivity contribution in [3.05, 3.63) is 0 Å². The second kappa shape index (κ2) is 6.58. The Morgan fingerprint density at radius 1 is 1.19 bits per heavy atom. The van der Waals surface area contributed by atoms with Crippen molar-refractivity contribution in [1.29, 1.82) is 0 Å². The predicted octanol–water partition coefficient (Wildman–Crippen LogP) is 1.61. The molecule has 3 heteroatoms. The number of aliphatic hydroxyl groups excluding tert-OH is 1. The Morgan fingerprint density at radius 3 is 2.25 bits per heavy atom. The zero-order valence-corrected chi connectivity index (χ0v) is 11.2. The van der Waals surface area contributed by atoms with Gasteiger partial charge in [0.25, 0.3) is 0 Å². The van der Waals surface area contributed by atoms with Crippen LogP contribution < -0.4 is 5.32 Å². The zero-order valence-electron chi connectivity index (χ0n) is 11.2. The summed E-state index contributed by atoms with van der Waals surface area (Å²) in [4.78, 5) is 2.48. The molecule has 1 rings (SSSR count). The van der Waals surface area contributed by atoms with Gasteiger partial charge in [0.1, 0.15) is 0 Å². The average molecular weight is 228 g/mol. The topological polar surface area (TPSA) is 35.5 Å². The summed E-state index contributed by atoms with van der Waals surface area (Å²) in [5.74, 6) is 0. The molecule has 0 radical (unpaired) electrons. The van der Waals surface area contributed by atoms with Gasteiger partial charge in [-0.1, -0.05) is 0 Å². The summed E-state index contributed by atoms with van der Waals surface area (Å²) in [7, 11) is 0. The number of nitrogens with one attached hydrogen (secondary N) is 1. The normalized spacial score (nSPS) is 26.2. The van der Waals surface area contributed by atoms with Crippen LogP contribution in [0, 0.1) is 0 Å². The van der Waals surface area contributed by atoms with Gasteiger partial charge in [-0.3, -0.25) is 4.90 Å². The van der Waals surface area contributed by atoms with Gasteiger partial charge in [-0.15, -0.1) is 0 Å². The third-order valence-electron chi connectivity index (χ3n) is 3.58. The van der Waals surface area contributed by atoms with Crippen LogP contribution in [0.4, 0.5) is 0 Å². The van der Waals surface area contributed by atoms with Gasteiger partial charge in [0, 0.05) is 31.2 Å². The smallest absolute Gasteiger partial charge is 0.0693 e. The lowest BCUT2D eigenvalue weighted by atomic mass is 10.2. The van der Waals surface area contributed by atoms with Gasteiger partial charge in [0.2, 0.25) is 0 Å². The van der Waals surface area contributed by atoms with E-state index < -0.39 is 0 Å². The van der Waals surface area contributed by atoms with E-state index in [4.69, 9.17) is 0 Å². The molecule has 1 aliphatic carbocycles. The molecule has 0 aromatic carbocycles. The molecule has 16 heavy (non-hydrogen) atoms. The molecule has 0 spiro atoms. The predicted molar refractivity (Wildman–Crippen MR) is 68.6 cm³/mol. The van der Waals surface area contributed by atoms with Gasteiger partial charge in [-0.05, 0) is 47.0 Å². The van der Waals surface area contributed by atoms with E-state index in [1.807, 2.05) is 0 Å². The van der Waals surface area contributed by atoms with Crippen molar-refractivity contribution in [1.82, 2.24) is 10.2 Å². The van der Waals surface area contributed by atoms with Crippen molar-refractivity contribution in [2.24, 2.45) is 0 Å². The van der Waals surface area contributed by atoms with Crippen molar-refractivity contribution in [3.63, 3.8) is 0 Å². The summed E-state index contributed by atoms with van der Waals surface area (Å²) in [5, 5.41) is 13.2. The lowest BCUT2D eigenvalue weighted by Crippen LogP contribution is -2.44. The summed E-state index contributed by atoms with van der Waals surface area (Å²) in [6, 6.07) is 1.52. The molecule has 0 aromatic heterocycles. The molecule has 0 unspecified atom stereocenters. The van der Waals surface area contributed by atoms with Crippen molar-refractivity contribution in [2.45, 2.75) is 71.2 Å². The lowest BCUT2D eigenvalue weighted by molar-refractivity contribution is 0.138. The second-order valence-corrected chi connectivity index (χ2v) is 5.48. The summed E-state index contributed by atoms with van der Waals surface area (Å²) in [6.45, 7) is 11.0. The molecule has 96 valence electrons. The van der Waals surface area contributed by atoms with Crippen LogP contribution in [0.15, 0.2) is 0 Å². The molecule has 3 nitrogen and oxygen atoms in total. The minimum absolute atomic E-state index is 0.119. The summed E-state index contributed by atoms with van der Waals surface area (Å²) < 4.78 is 0. The first-order valence-electron chi connectivity index (χ1n) is 6.69. The number of hydrogen-bond donors (Lipinski definition) is 2. The highest BCUT2D eigenvalue weighted by Gasteiger charge is 2.24. The standard InChI is InChI=1S/C13H28N2O/c1-10(2)15(11(3)4)9-8-14-12-6-5-7-13(12)16/h10-14,16H,5-9H2,1-4H3/t12-,13-/m0/s1. The molecule has 1 saturated carbocycles. The van der Waals surface area contributed by atoms with Crippen LogP contribution in [-0.2, 0) is 0 Å². The summed E-state index contributed by atoms with van der Waals surface area (Å²) >= 11 is 0. The Balaban J connectivity index is 2.22. The first-order chi connectivity index (χ1) is 7.52. The van der Waals surface area contributed by atoms with E-state index in [1.54, 1.807) is 0 Å². The highest BCUT2D eigenvalue weighted by Crippen LogP contribution is 2.18. The molecule has 0 aliphatic heterocycles. The van der Waals surface area contributed by atoms with Crippen molar-refractivity contribution in [3.8, 4) is 0 Å². The Hall–Kier alpha value is -0.120. The molecule has 0 heterocycles. The van der Waals surface area contributed by atoms with Crippen LogP contribution in [-0.4, -0.2) is 47.3 Å². The average Bonchev–Trinajstić information content (AvgIpc) is 2.57. The molecule has 0 aromatic rings. The van der Waals surface area contributed by atoms with Crippen LogP contribution in [0.3, 0.4) is 0 Å². The zero-order chi connectivity index (χ0) is 12.1. The molecule has 2 N–H and O–H groups in total. The van der Waals surface area contributed by atoms with E-state index >= 15 is 0 Å². The number of nitrogens with zero attached hydrogens (tertiary/aromatic N) is 1. The Bertz CT molecular complexity index is 186. The largest absolute Gasteiger partial charge is 0.392 e. The first-order valence-corrected chi connectivity index (χ1v) is 6.69. The van der Waals surface area contributed by atoms with Gasteiger partial charge in [-0.2, -0.15) is 0 Å². The molecule has 0 bridgehead atoms. The van der Waals surface area contributed by atoms with Crippen LogP contribution in [0.2, 0.25) is 0 Å². The van der Waals surface area contributed by atoms with Gasteiger partial charge in [0.15, 0.2) is 0 Å². The molecule has 1 aliphatic rings. The summed E-state index contributed by atoms with van der Waals surface area (Å²) in [5.41, 5.74) is 0. The number of hydrogen-bond acceptors (Lipinski definition) is 3. The highest BCUT2D eigenvalue weighted by atomic mass is 16.3. The fourth-order valence-corrected chi connectivity index (χ4v) is 2.67. The second-order valence-electron chi connectivity index (χ2n) is 5.48. The minimum atomic E-state index is -0.119. The van der Waals surface area contributed by atoms with E-state index in [-0.39, 0.29) is 6.10 Å². The Morgan fingerprint density at radius 2 is 1.81 bits per heavy atom. The summed E-state index contributed by atoms with van der Waals surface area (Å²) in [6.07, 6.45) is 3.14. The van der Waals surface area contributed by atoms with Gasteiger partial charge in [-0.25, -0.2) is 0 Å². The number of rotatable bonds is 6. The fraction of sp³-hybridized carbons (Fsp3) is 1.00. The van der Waals surface area contributed by atoms with E-state index in [9.17, 15) is 5.11 Å². The molecule has 1 fully saturated rings. The van der Waals surface area contributed by atoms with E-state index in [1.165, 1.54) is 0 Å². The SMILES string of the molecule is CC(C)N(CCN[C@H]1CCC[C@@H]1O)C(C)C. The Kier molecular flexibility index (Phi) is 5.73. The first kappa shape index (κ1) is 13.9. The van der Waals surface area contributed by atoms with Crippen molar-refractivity contribution in [2.75, 3.05) is 13.1 Å². The van der Waals surface area contributed by atoms with Crippen LogP contribution in [0.5, 0.6) is 0 Å². The monoisotopic (exact) mass is 228 g/mol. The van der Waals surface area contributed by atoms with E-state index in [0.29, 0.717) is 18.1 Å². The third-order valence-corrected chi connectivity index (χ3v) is 3.58. The van der Waals surface area contributed by atoms with Gasteiger partial charge in [0.05, 0.1) is 6.10 Å². The molecule has 0 amide bonds. The maximum absolute atomic E-state index is 9.70. The van der Waals surface area contributed by atoms with Gasteiger partial charge >= 0.3 is 0 Å². The van der Waals surface area contributed by atoms with Crippen LogP contribution in [0.1, 0.15) is 47.0 Å². The number of aliphatic hydroxyl groups is 1. The highest BCUT2D eigenvalue weighted by molar-refractivity contribution is 4.83. The van der Waals surface area contributed by atoms with Crippen LogP contribution >= 0.6 is 0 Å². The maximum atomic E-state index is 9.70.